The third-order valence-corrected chi connectivity index (χ3v) is 3.70. The van der Waals surface area contributed by atoms with Gasteiger partial charge in [-0.2, -0.15) is 11.8 Å². The quantitative estimate of drug-likeness (QED) is 0.844. The van der Waals surface area contributed by atoms with Crippen molar-refractivity contribution in [3.8, 4) is 5.75 Å². The molecule has 0 amide bonds. The van der Waals surface area contributed by atoms with E-state index in [1.54, 1.807) is 7.11 Å². The summed E-state index contributed by atoms with van der Waals surface area (Å²) in [6.45, 7) is 4.11. The first kappa shape index (κ1) is 14.3. The maximum Gasteiger partial charge on any atom is 0.128 e. The molecule has 1 unspecified atom stereocenters. The van der Waals surface area contributed by atoms with Gasteiger partial charge in [0.2, 0.25) is 0 Å². The molecule has 1 rings (SSSR count). The SMILES string of the molecule is CNC(CSC)Cc1ncc(C)c(OC)c1C. The first-order chi connectivity index (χ1) is 8.13. The minimum Gasteiger partial charge on any atom is -0.496 e. The number of hydrogen-bond acceptors (Lipinski definition) is 4. The summed E-state index contributed by atoms with van der Waals surface area (Å²) in [5.41, 5.74) is 3.38. The van der Waals surface area contributed by atoms with Crippen LogP contribution in [0.5, 0.6) is 5.75 Å². The highest BCUT2D eigenvalue weighted by molar-refractivity contribution is 7.98. The Kier molecular flexibility index (Phi) is 5.78. The van der Waals surface area contributed by atoms with Crippen molar-refractivity contribution in [1.82, 2.24) is 10.3 Å². The van der Waals surface area contributed by atoms with Crippen LogP contribution < -0.4 is 10.1 Å². The molecule has 0 saturated carbocycles. The number of hydrogen-bond donors (Lipinski definition) is 1. The van der Waals surface area contributed by atoms with E-state index in [4.69, 9.17) is 4.74 Å². The predicted octanol–water partition coefficient (Wildman–Crippen LogP) is 2.20. The van der Waals surface area contributed by atoms with E-state index in [0.29, 0.717) is 6.04 Å². The molecule has 0 aliphatic heterocycles. The fraction of sp³-hybridized carbons (Fsp3) is 0.615. The molecular formula is C13H22N2OS. The number of ether oxygens (including phenoxy) is 1. The van der Waals surface area contributed by atoms with Crippen molar-refractivity contribution in [3.63, 3.8) is 0 Å². The van der Waals surface area contributed by atoms with Gasteiger partial charge in [0.25, 0.3) is 0 Å². The van der Waals surface area contributed by atoms with Crippen molar-refractivity contribution >= 4 is 11.8 Å². The van der Waals surface area contributed by atoms with Crippen LogP contribution in [-0.2, 0) is 6.42 Å². The van der Waals surface area contributed by atoms with E-state index < -0.39 is 0 Å². The summed E-state index contributed by atoms with van der Waals surface area (Å²) >= 11 is 1.85. The summed E-state index contributed by atoms with van der Waals surface area (Å²) in [6, 6.07) is 0.462. The minimum absolute atomic E-state index is 0.462. The molecule has 1 aromatic rings. The molecule has 17 heavy (non-hydrogen) atoms. The van der Waals surface area contributed by atoms with Gasteiger partial charge in [-0.15, -0.1) is 0 Å². The number of thioether (sulfide) groups is 1. The number of aromatic nitrogens is 1. The molecular weight excluding hydrogens is 232 g/mol. The molecule has 0 bridgehead atoms. The fourth-order valence-corrected chi connectivity index (χ4v) is 2.64. The first-order valence-corrected chi connectivity index (χ1v) is 7.18. The van der Waals surface area contributed by atoms with E-state index >= 15 is 0 Å². The number of pyridine rings is 1. The molecule has 96 valence electrons. The number of nitrogens with zero attached hydrogens (tertiary/aromatic N) is 1. The highest BCUT2D eigenvalue weighted by Gasteiger charge is 2.13. The summed E-state index contributed by atoms with van der Waals surface area (Å²) < 4.78 is 5.43. The van der Waals surface area contributed by atoms with Crippen molar-refractivity contribution in [2.24, 2.45) is 0 Å². The smallest absolute Gasteiger partial charge is 0.128 e. The lowest BCUT2D eigenvalue weighted by Crippen LogP contribution is -2.30. The molecule has 0 aliphatic rings. The average Bonchev–Trinajstić information content (AvgIpc) is 2.32. The van der Waals surface area contributed by atoms with E-state index in [9.17, 15) is 0 Å². The van der Waals surface area contributed by atoms with Crippen LogP contribution in [0.4, 0.5) is 0 Å². The van der Waals surface area contributed by atoms with Crippen molar-refractivity contribution in [1.29, 1.82) is 0 Å². The summed E-state index contributed by atoms with van der Waals surface area (Å²) in [5.74, 6) is 2.06. The van der Waals surface area contributed by atoms with Gasteiger partial charge >= 0.3 is 0 Å². The molecule has 0 aliphatic carbocycles. The Balaban J connectivity index is 2.91. The second-order valence-corrected chi connectivity index (χ2v) is 5.10. The minimum atomic E-state index is 0.462. The highest BCUT2D eigenvalue weighted by atomic mass is 32.2. The summed E-state index contributed by atoms with van der Waals surface area (Å²) in [7, 11) is 3.72. The van der Waals surface area contributed by atoms with Gasteiger partial charge in [0.05, 0.1) is 7.11 Å². The number of likely N-dealkylation sites (N-methyl/N-ethyl adjacent to an activating group) is 1. The van der Waals surface area contributed by atoms with Gasteiger partial charge in [-0.1, -0.05) is 0 Å². The molecule has 3 nitrogen and oxygen atoms in total. The first-order valence-electron chi connectivity index (χ1n) is 5.79. The normalized spacial score (nSPS) is 12.5. The summed E-state index contributed by atoms with van der Waals surface area (Å²) in [6.07, 6.45) is 4.97. The van der Waals surface area contributed by atoms with Crippen LogP contribution in [0.1, 0.15) is 16.8 Å². The molecule has 1 atom stereocenters. The Labute approximate surface area is 108 Å². The molecule has 1 aromatic heterocycles. The fourth-order valence-electron chi connectivity index (χ4n) is 1.96. The zero-order valence-corrected chi connectivity index (χ0v) is 12.1. The lowest BCUT2D eigenvalue weighted by atomic mass is 10.1. The zero-order valence-electron chi connectivity index (χ0n) is 11.3. The molecule has 4 heteroatoms. The monoisotopic (exact) mass is 254 g/mol. The Morgan fingerprint density at radius 1 is 1.47 bits per heavy atom. The van der Waals surface area contributed by atoms with E-state index in [1.165, 1.54) is 0 Å². The summed E-state index contributed by atoms with van der Waals surface area (Å²) in [5, 5.41) is 3.33. The Hall–Kier alpha value is -0.740. The van der Waals surface area contributed by atoms with Gasteiger partial charge in [-0.25, -0.2) is 0 Å². The third-order valence-electron chi connectivity index (χ3n) is 2.97. The van der Waals surface area contributed by atoms with Gasteiger partial charge in [0.1, 0.15) is 5.75 Å². The van der Waals surface area contributed by atoms with Crippen LogP contribution in [0.15, 0.2) is 6.20 Å². The van der Waals surface area contributed by atoms with Crippen molar-refractivity contribution in [2.45, 2.75) is 26.3 Å². The van der Waals surface area contributed by atoms with Crippen molar-refractivity contribution in [2.75, 3.05) is 26.2 Å². The Morgan fingerprint density at radius 2 is 2.18 bits per heavy atom. The van der Waals surface area contributed by atoms with Crippen molar-refractivity contribution < 1.29 is 4.74 Å². The van der Waals surface area contributed by atoms with Crippen LogP contribution in [0, 0.1) is 13.8 Å². The van der Waals surface area contributed by atoms with Gasteiger partial charge in [0.15, 0.2) is 0 Å². The maximum atomic E-state index is 5.43. The molecule has 0 saturated heterocycles. The Morgan fingerprint density at radius 3 is 2.71 bits per heavy atom. The average molecular weight is 254 g/mol. The number of aryl methyl sites for hydroxylation is 1. The number of nitrogens with one attached hydrogen (secondary N) is 1. The second-order valence-electron chi connectivity index (χ2n) is 4.19. The van der Waals surface area contributed by atoms with Gasteiger partial charge in [-0.3, -0.25) is 4.98 Å². The lowest BCUT2D eigenvalue weighted by molar-refractivity contribution is 0.406. The van der Waals surface area contributed by atoms with Gasteiger partial charge in [0, 0.05) is 41.2 Å². The van der Waals surface area contributed by atoms with E-state index in [1.807, 2.05) is 31.9 Å². The third kappa shape index (κ3) is 3.61. The van der Waals surface area contributed by atoms with Crippen LogP contribution in [-0.4, -0.2) is 37.2 Å². The molecule has 0 radical (unpaired) electrons. The van der Waals surface area contributed by atoms with Gasteiger partial charge < -0.3 is 10.1 Å². The topological polar surface area (TPSA) is 34.2 Å². The summed E-state index contributed by atoms with van der Waals surface area (Å²) in [4.78, 5) is 4.53. The van der Waals surface area contributed by atoms with Gasteiger partial charge in [-0.05, 0) is 27.2 Å². The largest absolute Gasteiger partial charge is 0.496 e. The molecule has 0 spiro atoms. The molecule has 0 aromatic carbocycles. The number of methoxy groups -OCH3 is 1. The maximum absolute atomic E-state index is 5.43. The van der Waals surface area contributed by atoms with Crippen LogP contribution in [0.2, 0.25) is 0 Å². The van der Waals surface area contributed by atoms with Crippen LogP contribution in [0.3, 0.4) is 0 Å². The Bertz CT molecular complexity index is 369. The highest BCUT2D eigenvalue weighted by Crippen LogP contribution is 2.24. The molecule has 1 N–H and O–H groups in total. The van der Waals surface area contributed by atoms with E-state index in [2.05, 4.69) is 23.5 Å². The standard InChI is InChI=1S/C13H22N2OS/c1-9-7-15-12(10(2)13(9)16-4)6-11(14-3)8-17-5/h7,11,14H,6,8H2,1-5H3. The van der Waals surface area contributed by atoms with Crippen LogP contribution >= 0.6 is 11.8 Å². The molecule has 0 fully saturated rings. The molecule has 1 heterocycles. The van der Waals surface area contributed by atoms with E-state index in [-0.39, 0.29) is 0 Å². The van der Waals surface area contributed by atoms with E-state index in [0.717, 1.165) is 34.7 Å². The predicted molar refractivity (Wildman–Crippen MR) is 75.2 cm³/mol. The van der Waals surface area contributed by atoms with Crippen molar-refractivity contribution in [3.05, 3.63) is 23.0 Å². The lowest BCUT2D eigenvalue weighted by Gasteiger charge is -2.17. The van der Waals surface area contributed by atoms with Crippen LogP contribution in [0.25, 0.3) is 0 Å². The zero-order chi connectivity index (χ0) is 12.8. The second kappa shape index (κ2) is 6.87. The number of rotatable bonds is 6.